The van der Waals surface area contributed by atoms with Crippen LogP contribution in [0.5, 0.6) is 0 Å². The second kappa shape index (κ2) is 6.81. The van der Waals surface area contributed by atoms with Gasteiger partial charge in [0.1, 0.15) is 0 Å². The third kappa shape index (κ3) is 4.23. The molecule has 0 saturated carbocycles. The first-order chi connectivity index (χ1) is 11.7. The lowest BCUT2D eigenvalue weighted by molar-refractivity contribution is -0.134. The van der Waals surface area contributed by atoms with Gasteiger partial charge in [0.15, 0.2) is 0 Å². The molecule has 0 spiro atoms. The van der Waals surface area contributed by atoms with E-state index in [1.807, 2.05) is 6.33 Å². The van der Waals surface area contributed by atoms with Crippen molar-refractivity contribution in [1.82, 2.24) is 14.5 Å². The van der Waals surface area contributed by atoms with E-state index < -0.39 is 0 Å². The molecule has 1 fully saturated rings. The van der Waals surface area contributed by atoms with Crippen LogP contribution in [0.25, 0.3) is 11.0 Å². The molecule has 1 aliphatic rings. The van der Waals surface area contributed by atoms with Gasteiger partial charge < -0.3 is 9.47 Å². The number of hydrogen-bond acceptors (Lipinski definition) is 2. The van der Waals surface area contributed by atoms with Gasteiger partial charge in [-0.25, -0.2) is 4.98 Å². The molecule has 0 aliphatic carbocycles. The van der Waals surface area contributed by atoms with Crippen LogP contribution in [0.1, 0.15) is 51.2 Å². The van der Waals surface area contributed by atoms with Gasteiger partial charge in [0.05, 0.1) is 17.4 Å². The van der Waals surface area contributed by atoms with Crippen molar-refractivity contribution in [3.8, 4) is 0 Å². The van der Waals surface area contributed by atoms with Crippen LogP contribution in [0.4, 0.5) is 0 Å². The topological polar surface area (TPSA) is 38.1 Å². The van der Waals surface area contributed by atoms with Crippen LogP contribution >= 0.6 is 0 Å². The molecule has 25 heavy (non-hydrogen) atoms. The number of carbonyl (C=O) groups excluding carboxylic acids is 1. The average molecular weight is 341 g/mol. The van der Waals surface area contributed by atoms with Crippen LogP contribution in [0.15, 0.2) is 18.5 Å². The van der Waals surface area contributed by atoms with Gasteiger partial charge in [-0.15, -0.1) is 0 Å². The fourth-order valence-electron chi connectivity index (χ4n) is 3.67. The molecule has 1 amide bonds. The highest BCUT2D eigenvalue weighted by Crippen LogP contribution is 2.26. The number of carbonyl (C=O) groups is 1. The molecule has 0 unspecified atom stereocenters. The lowest BCUT2D eigenvalue weighted by Crippen LogP contribution is -2.40. The average Bonchev–Trinajstić information content (AvgIpc) is 2.89. The minimum Gasteiger partial charge on any atom is -0.343 e. The standard InChI is InChI=1S/C21H31N3O/c1-15-10-18-19(11-16(15)2)24(14-22-18)13-17-6-8-23(9-7-17)20(25)12-21(3,4)5/h10-11,14,17H,6-9,12-13H2,1-5H3. The first-order valence-electron chi connectivity index (χ1n) is 9.43. The Morgan fingerprint density at radius 2 is 1.80 bits per heavy atom. The highest BCUT2D eigenvalue weighted by molar-refractivity contribution is 5.77. The van der Waals surface area contributed by atoms with Gasteiger partial charge in [-0.3, -0.25) is 4.79 Å². The van der Waals surface area contributed by atoms with Crippen molar-refractivity contribution in [1.29, 1.82) is 0 Å². The Labute approximate surface area is 151 Å². The van der Waals surface area contributed by atoms with Gasteiger partial charge in [0, 0.05) is 26.1 Å². The highest BCUT2D eigenvalue weighted by atomic mass is 16.2. The number of benzene rings is 1. The van der Waals surface area contributed by atoms with E-state index in [1.165, 1.54) is 16.6 Å². The predicted molar refractivity (Wildman–Crippen MR) is 103 cm³/mol. The molecule has 1 aromatic heterocycles. The molecule has 4 nitrogen and oxygen atoms in total. The van der Waals surface area contributed by atoms with Crippen molar-refractivity contribution < 1.29 is 4.79 Å². The predicted octanol–water partition coefficient (Wildman–Crippen LogP) is 4.33. The Hall–Kier alpha value is -1.84. The van der Waals surface area contributed by atoms with Crippen molar-refractivity contribution in [2.75, 3.05) is 13.1 Å². The zero-order valence-corrected chi connectivity index (χ0v) is 16.3. The lowest BCUT2D eigenvalue weighted by atomic mass is 9.90. The second-order valence-electron chi connectivity index (χ2n) is 8.88. The SMILES string of the molecule is Cc1cc2ncn(CC3CCN(C(=O)CC(C)(C)C)CC3)c2cc1C. The number of fused-ring (bicyclic) bond motifs is 1. The molecule has 4 heteroatoms. The number of imidazole rings is 1. The van der Waals surface area contributed by atoms with Gasteiger partial charge in [-0.2, -0.15) is 0 Å². The maximum atomic E-state index is 12.4. The molecule has 2 aromatic rings. The zero-order valence-electron chi connectivity index (χ0n) is 16.3. The quantitative estimate of drug-likeness (QED) is 0.833. The van der Waals surface area contributed by atoms with E-state index in [9.17, 15) is 4.79 Å². The van der Waals surface area contributed by atoms with Gasteiger partial charge in [-0.05, 0) is 61.3 Å². The van der Waals surface area contributed by atoms with E-state index in [1.54, 1.807) is 0 Å². The molecule has 2 heterocycles. The fourth-order valence-corrected chi connectivity index (χ4v) is 3.67. The minimum atomic E-state index is 0.0691. The smallest absolute Gasteiger partial charge is 0.223 e. The van der Waals surface area contributed by atoms with Crippen LogP contribution in [-0.4, -0.2) is 33.4 Å². The van der Waals surface area contributed by atoms with Crippen LogP contribution in [0, 0.1) is 25.2 Å². The molecule has 1 aromatic carbocycles. The molecule has 0 bridgehead atoms. The van der Waals surface area contributed by atoms with Gasteiger partial charge in [-0.1, -0.05) is 20.8 Å². The van der Waals surface area contributed by atoms with Crippen molar-refractivity contribution in [2.24, 2.45) is 11.3 Å². The number of rotatable bonds is 3. The second-order valence-corrected chi connectivity index (χ2v) is 8.88. The third-order valence-electron chi connectivity index (χ3n) is 5.34. The van der Waals surface area contributed by atoms with Crippen LogP contribution in [-0.2, 0) is 11.3 Å². The van der Waals surface area contributed by atoms with E-state index in [4.69, 9.17) is 0 Å². The summed E-state index contributed by atoms with van der Waals surface area (Å²) in [5.41, 5.74) is 5.00. The van der Waals surface area contributed by atoms with Crippen LogP contribution in [0.2, 0.25) is 0 Å². The highest BCUT2D eigenvalue weighted by Gasteiger charge is 2.26. The number of aromatic nitrogens is 2. The minimum absolute atomic E-state index is 0.0691. The number of nitrogens with zero attached hydrogens (tertiary/aromatic N) is 3. The summed E-state index contributed by atoms with van der Waals surface area (Å²) in [6.45, 7) is 13.5. The maximum Gasteiger partial charge on any atom is 0.223 e. The largest absolute Gasteiger partial charge is 0.343 e. The molecular formula is C21H31N3O. The van der Waals surface area contributed by atoms with E-state index in [2.05, 4.69) is 61.2 Å². The van der Waals surface area contributed by atoms with Gasteiger partial charge in [0.2, 0.25) is 5.91 Å². The molecule has 1 aliphatic heterocycles. The molecular weight excluding hydrogens is 310 g/mol. The number of piperidine rings is 1. The molecule has 0 N–H and O–H groups in total. The lowest BCUT2D eigenvalue weighted by Gasteiger charge is -2.34. The van der Waals surface area contributed by atoms with Crippen molar-refractivity contribution in [3.63, 3.8) is 0 Å². The Kier molecular flexibility index (Phi) is 4.90. The Morgan fingerprint density at radius 3 is 2.44 bits per heavy atom. The summed E-state index contributed by atoms with van der Waals surface area (Å²) in [4.78, 5) is 19.0. The van der Waals surface area contributed by atoms with E-state index in [0.717, 1.165) is 38.0 Å². The molecule has 0 atom stereocenters. The molecule has 136 valence electrons. The molecule has 0 radical (unpaired) electrons. The number of likely N-dealkylation sites (tertiary alicyclic amines) is 1. The Morgan fingerprint density at radius 1 is 1.16 bits per heavy atom. The van der Waals surface area contributed by atoms with Gasteiger partial charge in [0.25, 0.3) is 0 Å². The summed E-state index contributed by atoms with van der Waals surface area (Å²) in [5.74, 6) is 0.933. The zero-order chi connectivity index (χ0) is 18.2. The number of amides is 1. The van der Waals surface area contributed by atoms with Crippen molar-refractivity contribution in [3.05, 3.63) is 29.6 Å². The van der Waals surface area contributed by atoms with E-state index in [-0.39, 0.29) is 5.41 Å². The third-order valence-corrected chi connectivity index (χ3v) is 5.34. The monoisotopic (exact) mass is 341 g/mol. The van der Waals surface area contributed by atoms with E-state index >= 15 is 0 Å². The normalized spacial score (nSPS) is 16.6. The summed E-state index contributed by atoms with van der Waals surface area (Å²) in [6, 6.07) is 4.43. The van der Waals surface area contributed by atoms with Crippen LogP contribution in [0.3, 0.4) is 0 Å². The summed E-state index contributed by atoms with van der Waals surface area (Å²) in [5, 5.41) is 0. The van der Waals surface area contributed by atoms with Crippen LogP contribution < -0.4 is 0 Å². The summed E-state index contributed by atoms with van der Waals surface area (Å²) in [7, 11) is 0. The van der Waals surface area contributed by atoms with E-state index in [0.29, 0.717) is 18.2 Å². The Balaban J connectivity index is 1.61. The number of hydrogen-bond donors (Lipinski definition) is 0. The number of aryl methyl sites for hydroxylation is 2. The Bertz CT molecular complexity index is 761. The molecule has 3 rings (SSSR count). The van der Waals surface area contributed by atoms with Gasteiger partial charge >= 0.3 is 0 Å². The fraction of sp³-hybridized carbons (Fsp3) is 0.619. The first-order valence-corrected chi connectivity index (χ1v) is 9.43. The summed E-state index contributed by atoms with van der Waals surface area (Å²) >= 11 is 0. The first kappa shape index (κ1) is 18.0. The van der Waals surface area contributed by atoms with Crippen molar-refractivity contribution in [2.45, 2.75) is 60.4 Å². The summed E-state index contributed by atoms with van der Waals surface area (Å²) in [6.07, 6.45) is 4.78. The maximum absolute atomic E-state index is 12.4. The summed E-state index contributed by atoms with van der Waals surface area (Å²) < 4.78 is 2.29. The molecule has 1 saturated heterocycles. The van der Waals surface area contributed by atoms with Crippen molar-refractivity contribution >= 4 is 16.9 Å².